The lowest BCUT2D eigenvalue weighted by Gasteiger charge is -2.61. The van der Waals surface area contributed by atoms with Crippen molar-refractivity contribution in [1.29, 1.82) is 0 Å². The molecular weight excluding hydrogens is 314 g/mol. The lowest BCUT2D eigenvalue weighted by molar-refractivity contribution is -0.373. The molecule has 4 bridgehead atoms. The molecule has 0 saturated heterocycles. The highest BCUT2D eigenvalue weighted by Gasteiger charge is 2.60. The van der Waals surface area contributed by atoms with Gasteiger partial charge in [0.15, 0.2) is 0 Å². The largest absolute Gasteiger partial charge is 1.00 e. The maximum atomic E-state index is 12.1. The molecule has 4 aliphatic carbocycles. The van der Waals surface area contributed by atoms with Gasteiger partial charge in [0.25, 0.3) is 0 Å². The van der Waals surface area contributed by atoms with E-state index in [2.05, 4.69) is 19.2 Å². The third-order valence-electron chi connectivity index (χ3n) is 5.67. The fraction of sp³-hybridized carbons (Fsp3) is 0.833. The SMILES string of the molecule is C=C(C)C(=O)OC12CC3CC(C1)CC(OC(C)CC[NH3+])(C3)C2.[Cl-]. The number of quaternary nitrogens is 1. The van der Waals surface area contributed by atoms with Gasteiger partial charge in [-0.05, 0) is 57.8 Å². The minimum atomic E-state index is -0.301. The van der Waals surface area contributed by atoms with Gasteiger partial charge in [0, 0.05) is 18.4 Å². The highest BCUT2D eigenvalue weighted by molar-refractivity contribution is 5.87. The fourth-order valence-electron chi connectivity index (χ4n) is 5.41. The molecule has 5 heteroatoms. The van der Waals surface area contributed by atoms with E-state index in [1.165, 1.54) is 6.42 Å². The molecule has 3 N–H and O–H groups in total. The first-order valence-corrected chi connectivity index (χ1v) is 8.71. The van der Waals surface area contributed by atoms with Gasteiger partial charge < -0.3 is 27.6 Å². The molecule has 4 saturated carbocycles. The summed E-state index contributed by atoms with van der Waals surface area (Å²) >= 11 is 0. The van der Waals surface area contributed by atoms with Crippen molar-refractivity contribution < 1.29 is 32.4 Å². The summed E-state index contributed by atoms with van der Waals surface area (Å²) in [6.45, 7) is 8.51. The average Bonchev–Trinajstić information content (AvgIpc) is 2.35. The summed E-state index contributed by atoms with van der Waals surface area (Å²) in [6.07, 6.45) is 7.68. The third-order valence-corrected chi connectivity index (χ3v) is 5.67. The van der Waals surface area contributed by atoms with Crippen molar-refractivity contribution in [3.63, 3.8) is 0 Å². The van der Waals surface area contributed by atoms with Crippen LogP contribution in [0.1, 0.15) is 58.8 Å². The van der Waals surface area contributed by atoms with Crippen LogP contribution < -0.4 is 18.1 Å². The summed E-state index contributed by atoms with van der Waals surface area (Å²) in [5.74, 6) is 1.06. The second kappa shape index (κ2) is 6.73. The monoisotopic (exact) mass is 343 g/mol. The van der Waals surface area contributed by atoms with Crippen molar-refractivity contribution in [1.82, 2.24) is 0 Å². The van der Waals surface area contributed by atoms with Crippen LogP contribution in [0.15, 0.2) is 12.2 Å². The first-order chi connectivity index (χ1) is 10.4. The molecule has 0 amide bonds. The zero-order chi connectivity index (χ0) is 16.0. The minimum Gasteiger partial charge on any atom is -1.00 e. The van der Waals surface area contributed by atoms with E-state index in [0.29, 0.717) is 17.4 Å². The minimum absolute atomic E-state index is 0. The number of esters is 1. The Labute approximate surface area is 145 Å². The van der Waals surface area contributed by atoms with Gasteiger partial charge >= 0.3 is 5.97 Å². The summed E-state index contributed by atoms with van der Waals surface area (Å²) in [4.78, 5) is 12.1. The van der Waals surface area contributed by atoms with E-state index < -0.39 is 0 Å². The average molecular weight is 344 g/mol. The highest BCUT2D eigenvalue weighted by Crippen LogP contribution is 2.60. The molecule has 4 fully saturated rings. The number of carbonyl (C=O) groups is 1. The van der Waals surface area contributed by atoms with E-state index >= 15 is 0 Å². The number of hydrogen-bond donors (Lipinski definition) is 1. The molecule has 23 heavy (non-hydrogen) atoms. The summed E-state index contributed by atoms with van der Waals surface area (Å²) in [6, 6.07) is 0. The molecule has 3 unspecified atom stereocenters. The van der Waals surface area contributed by atoms with Gasteiger partial charge in [0.1, 0.15) is 5.60 Å². The van der Waals surface area contributed by atoms with Gasteiger partial charge in [0.2, 0.25) is 0 Å². The molecule has 0 aliphatic heterocycles. The normalized spacial score (nSPS) is 38.7. The molecule has 0 spiro atoms. The van der Waals surface area contributed by atoms with Crippen molar-refractivity contribution in [2.45, 2.75) is 76.1 Å². The van der Waals surface area contributed by atoms with Gasteiger partial charge in [-0.25, -0.2) is 4.79 Å². The molecule has 3 atom stereocenters. The van der Waals surface area contributed by atoms with Crippen molar-refractivity contribution in [2.75, 3.05) is 6.54 Å². The van der Waals surface area contributed by atoms with Crippen molar-refractivity contribution in [2.24, 2.45) is 11.8 Å². The molecule has 0 aromatic rings. The van der Waals surface area contributed by atoms with Crippen LogP contribution in [0.2, 0.25) is 0 Å². The summed E-state index contributed by atoms with van der Waals surface area (Å²) in [7, 11) is 0. The lowest BCUT2D eigenvalue weighted by atomic mass is 9.52. The van der Waals surface area contributed by atoms with Crippen molar-refractivity contribution in [3.05, 3.63) is 12.2 Å². The van der Waals surface area contributed by atoms with Crippen LogP contribution >= 0.6 is 0 Å². The van der Waals surface area contributed by atoms with Gasteiger partial charge in [-0.3, -0.25) is 0 Å². The molecule has 0 heterocycles. The van der Waals surface area contributed by atoms with E-state index in [4.69, 9.17) is 9.47 Å². The Balaban J connectivity index is 0.00000192. The Hall–Kier alpha value is -0.580. The Kier molecular flexibility index (Phi) is 5.49. The highest BCUT2D eigenvalue weighted by atomic mass is 35.5. The first-order valence-electron chi connectivity index (χ1n) is 8.71. The molecular formula is C18H30ClNO3. The molecule has 4 rings (SSSR count). The number of halogens is 1. The molecule has 4 nitrogen and oxygen atoms in total. The van der Waals surface area contributed by atoms with E-state index in [1.54, 1.807) is 6.92 Å². The van der Waals surface area contributed by atoms with Crippen molar-refractivity contribution in [3.8, 4) is 0 Å². The zero-order valence-electron chi connectivity index (χ0n) is 14.4. The van der Waals surface area contributed by atoms with E-state index in [1.807, 2.05) is 0 Å². The first kappa shape index (κ1) is 18.8. The number of carbonyl (C=O) groups excluding carboxylic acids is 1. The number of hydrogen-bond acceptors (Lipinski definition) is 3. The quantitative estimate of drug-likeness (QED) is 0.509. The van der Waals surface area contributed by atoms with E-state index in [-0.39, 0.29) is 35.7 Å². The summed E-state index contributed by atoms with van der Waals surface area (Å²) < 4.78 is 12.5. The zero-order valence-corrected chi connectivity index (χ0v) is 15.2. The second-order valence-electron chi connectivity index (χ2n) is 8.07. The molecule has 0 radical (unpaired) electrons. The molecule has 0 aromatic carbocycles. The third kappa shape index (κ3) is 3.75. The standard InChI is InChI=1S/C18H29NO3.ClH/c1-12(2)16(20)22-18-9-14-6-15(10-18)8-17(7-14,11-18)21-13(3)4-5-19;/h13-15H,1,4-11,19H2,2-3H3;1H. The Morgan fingerprint density at radius 1 is 1.26 bits per heavy atom. The molecule has 0 aromatic heterocycles. The smallest absolute Gasteiger partial charge is 0.333 e. The van der Waals surface area contributed by atoms with Gasteiger partial charge in [-0.15, -0.1) is 0 Å². The topological polar surface area (TPSA) is 63.2 Å². The predicted molar refractivity (Wildman–Crippen MR) is 84.0 cm³/mol. The fourth-order valence-corrected chi connectivity index (χ4v) is 5.41. The van der Waals surface area contributed by atoms with Crippen LogP contribution in [0, 0.1) is 11.8 Å². The lowest BCUT2D eigenvalue weighted by Crippen LogP contribution is -3.00. The summed E-state index contributed by atoms with van der Waals surface area (Å²) in [5.41, 5.74) is 4.05. The Morgan fingerprint density at radius 3 is 2.35 bits per heavy atom. The van der Waals surface area contributed by atoms with Crippen molar-refractivity contribution >= 4 is 5.97 Å². The van der Waals surface area contributed by atoms with Crippen LogP contribution in [0.4, 0.5) is 0 Å². The number of ether oxygens (including phenoxy) is 2. The van der Waals surface area contributed by atoms with Crippen LogP contribution in [0.3, 0.4) is 0 Å². The van der Waals surface area contributed by atoms with Gasteiger partial charge in [0.05, 0.1) is 18.2 Å². The Morgan fingerprint density at radius 2 is 1.83 bits per heavy atom. The van der Waals surface area contributed by atoms with Crippen LogP contribution in [0.5, 0.6) is 0 Å². The molecule has 132 valence electrons. The number of rotatable bonds is 6. The van der Waals surface area contributed by atoms with Crippen LogP contribution in [0.25, 0.3) is 0 Å². The Bertz CT molecular complexity index is 465. The van der Waals surface area contributed by atoms with Crippen LogP contribution in [-0.4, -0.2) is 29.8 Å². The predicted octanol–water partition coefficient (Wildman–Crippen LogP) is -0.762. The van der Waals surface area contributed by atoms with E-state index in [0.717, 1.165) is 45.1 Å². The van der Waals surface area contributed by atoms with Gasteiger partial charge in [-0.2, -0.15) is 0 Å². The van der Waals surface area contributed by atoms with Gasteiger partial charge in [-0.1, -0.05) is 6.58 Å². The molecule has 4 aliphatic rings. The maximum absolute atomic E-state index is 12.1. The van der Waals surface area contributed by atoms with E-state index in [9.17, 15) is 4.79 Å². The van der Waals surface area contributed by atoms with Crippen LogP contribution in [-0.2, 0) is 14.3 Å². The maximum Gasteiger partial charge on any atom is 0.333 e. The second-order valence-corrected chi connectivity index (χ2v) is 8.07. The summed E-state index contributed by atoms with van der Waals surface area (Å²) in [5, 5.41) is 0.